The first-order chi connectivity index (χ1) is 9.11. The van der Waals surface area contributed by atoms with Crippen LogP contribution < -0.4 is 5.73 Å². The first kappa shape index (κ1) is 13.8. The largest absolute Gasteiger partial charge is 0.409 e. The van der Waals surface area contributed by atoms with Crippen LogP contribution in [0.3, 0.4) is 0 Å². The highest BCUT2D eigenvalue weighted by atomic mass is 16.4. The number of oxime groups is 1. The van der Waals surface area contributed by atoms with E-state index < -0.39 is 0 Å². The summed E-state index contributed by atoms with van der Waals surface area (Å²) < 4.78 is 0. The Morgan fingerprint density at radius 3 is 2.79 bits per heavy atom. The van der Waals surface area contributed by atoms with E-state index >= 15 is 0 Å². The van der Waals surface area contributed by atoms with Crippen LogP contribution in [0.5, 0.6) is 0 Å². The Balaban J connectivity index is 2.14. The van der Waals surface area contributed by atoms with Crippen LogP contribution in [0.2, 0.25) is 0 Å². The zero-order valence-electron chi connectivity index (χ0n) is 11.6. The topological polar surface area (TPSA) is 74.7 Å². The fraction of sp³-hybridized carbons (Fsp3) is 0.571. The van der Waals surface area contributed by atoms with Gasteiger partial charge in [0.25, 0.3) is 0 Å². The van der Waals surface area contributed by atoms with Crippen LogP contribution >= 0.6 is 0 Å². The van der Waals surface area contributed by atoms with Gasteiger partial charge in [-0.05, 0) is 44.4 Å². The summed E-state index contributed by atoms with van der Waals surface area (Å²) in [5.41, 5.74) is 7.25. The highest BCUT2D eigenvalue weighted by molar-refractivity contribution is 5.95. The zero-order chi connectivity index (χ0) is 13.8. The molecule has 1 aromatic rings. The maximum Gasteiger partial charge on any atom is 0.188 e. The summed E-state index contributed by atoms with van der Waals surface area (Å²) in [5.74, 6) is 0.0570. The number of nitrogens with zero attached hydrogens (tertiary/aromatic N) is 3. The molecule has 3 N–H and O–H groups in total. The maximum atomic E-state index is 8.70. The average molecular weight is 262 g/mol. The summed E-state index contributed by atoms with van der Waals surface area (Å²) in [6.45, 7) is 5.44. The van der Waals surface area contributed by atoms with E-state index in [2.05, 4.69) is 28.9 Å². The lowest BCUT2D eigenvalue weighted by atomic mass is 9.97. The van der Waals surface area contributed by atoms with Gasteiger partial charge in [0, 0.05) is 24.8 Å². The third kappa shape index (κ3) is 3.23. The minimum atomic E-state index is 0.0570. The fourth-order valence-electron chi connectivity index (χ4n) is 2.76. The number of nitrogens with two attached hydrogens (primary N) is 1. The minimum absolute atomic E-state index is 0.0570. The Morgan fingerprint density at radius 2 is 2.16 bits per heavy atom. The molecule has 2 heterocycles. The van der Waals surface area contributed by atoms with Crippen molar-refractivity contribution in [3.63, 3.8) is 0 Å². The van der Waals surface area contributed by atoms with Crippen molar-refractivity contribution in [1.29, 1.82) is 0 Å². The van der Waals surface area contributed by atoms with Crippen LogP contribution in [0.25, 0.3) is 0 Å². The van der Waals surface area contributed by atoms with Gasteiger partial charge in [0.05, 0.1) is 0 Å². The summed E-state index contributed by atoms with van der Waals surface area (Å²) in [7, 11) is 0. The molecule has 1 saturated heterocycles. The number of hydrogen-bond acceptors (Lipinski definition) is 4. The Kier molecular flexibility index (Phi) is 4.37. The molecule has 2 rings (SSSR count). The second-order valence-electron chi connectivity index (χ2n) is 5.34. The molecule has 0 spiro atoms. The Hall–Kier alpha value is -1.62. The van der Waals surface area contributed by atoms with E-state index in [9.17, 15) is 0 Å². The van der Waals surface area contributed by atoms with Crippen molar-refractivity contribution in [2.75, 3.05) is 0 Å². The highest BCUT2D eigenvalue weighted by Gasteiger charge is 2.24. The summed E-state index contributed by atoms with van der Waals surface area (Å²) in [5, 5.41) is 11.7. The van der Waals surface area contributed by atoms with E-state index in [1.54, 1.807) is 6.20 Å². The van der Waals surface area contributed by atoms with Crippen molar-refractivity contribution in [1.82, 2.24) is 9.88 Å². The molecular formula is C14H22N4O. The van der Waals surface area contributed by atoms with Crippen LogP contribution in [-0.4, -0.2) is 33.0 Å². The third-order valence-corrected chi connectivity index (χ3v) is 3.94. The quantitative estimate of drug-likeness (QED) is 0.378. The van der Waals surface area contributed by atoms with Gasteiger partial charge in [-0.2, -0.15) is 0 Å². The highest BCUT2D eigenvalue weighted by Crippen LogP contribution is 2.24. The lowest BCUT2D eigenvalue weighted by Gasteiger charge is -2.39. The molecule has 0 radical (unpaired) electrons. The van der Waals surface area contributed by atoms with Crippen molar-refractivity contribution < 1.29 is 5.21 Å². The van der Waals surface area contributed by atoms with Gasteiger partial charge in [-0.3, -0.25) is 9.88 Å². The summed E-state index contributed by atoms with van der Waals surface area (Å²) in [4.78, 5) is 6.62. The van der Waals surface area contributed by atoms with E-state index in [4.69, 9.17) is 10.9 Å². The molecule has 104 valence electrons. The normalized spacial score (nSPS) is 25.5. The van der Waals surface area contributed by atoms with E-state index in [1.807, 2.05) is 12.1 Å². The first-order valence-corrected chi connectivity index (χ1v) is 6.80. The molecule has 1 aromatic heterocycles. The molecule has 2 unspecified atom stereocenters. The SMILES string of the molecule is CC1CCCC(C)N1Cc1ccnc(C(N)=NO)c1. The van der Waals surface area contributed by atoms with Crippen LogP contribution in [-0.2, 0) is 6.54 Å². The Morgan fingerprint density at radius 1 is 1.47 bits per heavy atom. The van der Waals surface area contributed by atoms with Gasteiger partial charge in [-0.1, -0.05) is 11.6 Å². The molecule has 1 aliphatic rings. The van der Waals surface area contributed by atoms with Gasteiger partial charge in [0.15, 0.2) is 5.84 Å². The van der Waals surface area contributed by atoms with Gasteiger partial charge >= 0.3 is 0 Å². The van der Waals surface area contributed by atoms with Crippen molar-refractivity contribution >= 4 is 5.84 Å². The van der Waals surface area contributed by atoms with E-state index in [0.29, 0.717) is 17.8 Å². The monoisotopic (exact) mass is 262 g/mol. The van der Waals surface area contributed by atoms with E-state index in [-0.39, 0.29) is 5.84 Å². The number of likely N-dealkylation sites (tertiary alicyclic amines) is 1. The van der Waals surface area contributed by atoms with Gasteiger partial charge in [-0.25, -0.2) is 0 Å². The van der Waals surface area contributed by atoms with Crippen molar-refractivity contribution in [3.8, 4) is 0 Å². The number of hydrogen-bond donors (Lipinski definition) is 2. The molecule has 0 saturated carbocycles. The van der Waals surface area contributed by atoms with Crippen LogP contribution in [0, 0.1) is 0 Å². The van der Waals surface area contributed by atoms with E-state index in [1.165, 1.54) is 19.3 Å². The maximum absolute atomic E-state index is 8.70. The van der Waals surface area contributed by atoms with Gasteiger partial charge in [0.1, 0.15) is 5.69 Å². The second-order valence-corrected chi connectivity index (χ2v) is 5.34. The molecule has 0 bridgehead atoms. The van der Waals surface area contributed by atoms with Crippen LogP contribution in [0.15, 0.2) is 23.5 Å². The second kappa shape index (κ2) is 6.02. The smallest absolute Gasteiger partial charge is 0.188 e. The van der Waals surface area contributed by atoms with Gasteiger partial charge < -0.3 is 10.9 Å². The van der Waals surface area contributed by atoms with Crippen LogP contribution in [0.1, 0.15) is 44.4 Å². The number of rotatable bonds is 3. The fourth-order valence-corrected chi connectivity index (χ4v) is 2.76. The van der Waals surface area contributed by atoms with Gasteiger partial charge in [0.2, 0.25) is 0 Å². The number of piperidine rings is 1. The van der Waals surface area contributed by atoms with Crippen LogP contribution in [0.4, 0.5) is 0 Å². The molecule has 1 fully saturated rings. The molecule has 1 aliphatic heterocycles. The molecule has 0 amide bonds. The standard InChI is InChI=1S/C14H22N4O/c1-10-4-3-5-11(2)18(10)9-12-6-7-16-13(8-12)14(15)17-19/h6-8,10-11,19H,3-5,9H2,1-2H3,(H2,15,17). The van der Waals surface area contributed by atoms with Crippen molar-refractivity contribution in [2.24, 2.45) is 10.9 Å². The Labute approximate surface area is 114 Å². The lowest BCUT2D eigenvalue weighted by molar-refractivity contribution is 0.0952. The summed E-state index contributed by atoms with van der Waals surface area (Å²) in [6.07, 6.45) is 5.53. The summed E-state index contributed by atoms with van der Waals surface area (Å²) >= 11 is 0. The molecule has 19 heavy (non-hydrogen) atoms. The van der Waals surface area contributed by atoms with Gasteiger partial charge in [-0.15, -0.1) is 0 Å². The van der Waals surface area contributed by atoms with Crippen molar-refractivity contribution in [3.05, 3.63) is 29.6 Å². The summed E-state index contributed by atoms with van der Waals surface area (Å²) in [6, 6.07) is 5.08. The lowest BCUT2D eigenvalue weighted by Crippen LogP contribution is -2.43. The van der Waals surface area contributed by atoms with E-state index in [0.717, 1.165) is 12.1 Å². The molecule has 0 aromatic carbocycles. The average Bonchev–Trinajstić information content (AvgIpc) is 2.42. The predicted octanol–water partition coefficient (Wildman–Crippen LogP) is 1.94. The molecule has 5 nitrogen and oxygen atoms in total. The zero-order valence-corrected chi connectivity index (χ0v) is 11.6. The number of pyridine rings is 1. The number of aromatic nitrogens is 1. The molecular weight excluding hydrogens is 240 g/mol. The minimum Gasteiger partial charge on any atom is -0.409 e. The molecule has 0 aliphatic carbocycles. The first-order valence-electron chi connectivity index (χ1n) is 6.80. The predicted molar refractivity (Wildman–Crippen MR) is 75.1 cm³/mol. The van der Waals surface area contributed by atoms with Crippen molar-refractivity contribution in [2.45, 2.75) is 51.7 Å². The Bertz CT molecular complexity index is 451. The third-order valence-electron chi connectivity index (χ3n) is 3.94. The molecule has 5 heteroatoms. The number of amidine groups is 1. The molecule has 2 atom stereocenters.